The van der Waals surface area contributed by atoms with E-state index in [9.17, 15) is 4.39 Å². The van der Waals surface area contributed by atoms with Crippen LogP contribution in [0.25, 0.3) is 22.2 Å². The number of morpholine rings is 1. The molecule has 1 N–H and O–H groups in total. The largest absolute Gasteiger partial charge is 0.378 e. The van der Waals surface area contributed by atoms with Gasteiger partial charge in [-0.3, -0.25) is 0 Å². The summed E-state index contributed by atoms with van der Waals surface area (Å²) in [4.78, 5) is 18.8. The maximum Gasteiger partial charge on any atom is 0.220 e. The van der Waals surface area contributed by atoms with Crippen molar-refractivity contribution in [1.29, 1.82) is 0 Å². The first-order valence-corrected chi connectivity index (χ1v) is 8.85. The summed E-state index contributed by atoms with van der Waals surface area (Å²) in [6.45, 7) is 2.74. The molecule has 9 heteroatoms. The van der Waals surface area contributed by atoms with Crippen LogP contribution in [0.15, 0.2) is 35.6 Å². The summed E-state index contributed by atoms with van der Waals surface area (Å²) in [6, 6.07) is 6.71. The Morgan fingerprint density at radius 3 is 2.88 bits per heavy atom. The summed E-state index contributed by atoms with van der Waals surface area (Å²) in [5.41, 5.74) is 2.03. The number of aromatic amines is 1. The van der Waals surface area contributed by atoms with Gasteiger partial charge >= 0.3 is 0 Å². The average molecular weight is 376 g/mol. The summed E-state index contributed by atoms with van der Waals surface area (Å²) >= 11 is 0.915. The minimum atomic E-state index is -0.330. The molecule has 1 fully saturated rings. The number of rotatable bonds is 5. The van der Waals surface area contributed by atoms with Crippen LogP contribution in [0, 0.1) is 5.82 Å². The zero-order valence-electron chi connectivity index (χ0n) is 14.1. The molecular formula is C17H17FN4O3S. The molecule has 0 unspecified atom stereocenters. The monoisotopic (exact) mass is 376 g/mol. The molecule has 1 aliphatic heterocycles. The zero-order chi connectivity index (χ0) is 17.9. The Kier molecular flexibility index (Phi) is 5.02. The first kappa shape index (κ1) is 17.2. The van der Waals surface area contributed by atoms with E-state index in [1.165, 1.54) is 19.2 Å². The van der Waals surface area contributed by atoms with Gasteiger partial charge in [0, 0.05) is 41.8 Å². The number of hydrogen-bond acceptors (Lipinski definition) is 7. The lowest BCUT2D eigenvalue weighted by atomic mass is 10.1. The average Bonchev–Trinajstić information content (AvgIpc) is 3.14. The van der Waals surface area contributed by atoms with Crippen LogP contribution in [0.3, 0.4) is 0 Å². The topological polar surface area (TPSA) is 72.5 Å². The van der Waals surface area contributed by atoms with Gasteiger partial charge in [-0.25, -0.2) is 19.2 Å². The fourth-order valence-electron chi connectivity index (χ4n) is 2.95. The van der Waals surface area contributed by atoms with Gasteiger partial charge in [-0.15, -0.1) is 0 Å². The number of nitrogens with zero attached hydrogens (tertiary/aromatic N) is 3. The number of aromatic nitrogens is 3. The van der Waals surface area contributed by atoms with Gasteiger partial charge in [0.05, 0.1) is 26.0 Å². The molecule has 0 radical (unpaired) electrons. The van der Waals surface area contributed by atoms with Crippen molar-refractivity contribution in [3.63, 3.8) is 0 Å². The van der Waals surface area contributed by atoms with E-state index in [1.807, 2.05) is 12.1 Å². The number of hydrogen-bond donors (Lipinski definition) is 1. The highest BCUT2D eigenvalue weighted by molar-refractivity contribution is 7.94. The van der Waals surface area contributed by atoms with Gasteiger partial charge in [0.25, 0.3) is 0 Å². The molecule has 0 aliphatic carbocycles. The van der Waals surface area contributed by atoms with Crippen molar-refractivity contribution in [3.8, 4) is 11.3 Å². The van der Waals surface area contributed by atoms with Gasteiger partial charge in [-0.1, -0.05) is 0 Å². The summed E-state index contributed by atoms with van der Waals surface area (Å²) in [5.74, 6) is 0.414. The second-order valence-corrected chi connectivity index (χ2v) is 6.37. The lowest BCUT2D eigenvalue weighted by Gasteiger charge is -2.28. The van der Waals surface area contributed by atoms with E-state index in [1.54, 1.807) is 6.20 Å². The van der Waals surface area contributed by atoms with Crippen LogP contribution in [-0.2, 0) is 14.0 Å². The van der Waals surface area contributed by atoms with Crippen molar-refractivity contribution >= 4 is 28.8 Å². The standard InChI is InChI=1S/C17H17FN4O3S/c1-23-25-26-17-20-15(10-16(21-17)22-4-6-24-7-5-22)13-8-11(18)9-14-12(13)2-3-19-14/h2-3,8-10,19H,4-7H2,1H3. The van der Waals surface area contributed by atoms with E-state index in [4.69, 9.17) is 9.07 Å². The number of benzene rings is 1. The predicted molar refractivity (Wildman–Crippen MR) is 96.3 cm³/mol. The third kappa shape index (κ3) is 3.51. The molecule has 0 spiro atoms. The quantitative estimate of drug-likeness (QED) is 0.317. The maximum absolute atomic E-state index is 14.1. The summed E-state index contributed by atoms with van der Waals surface area (Å²) in [6.07, 6.45) is 1.78. The maximum atomic E-state index is 14.1. The third-order valence-electron chi connectivity index (χ3n) is 4.11. The molecule has 3 heterocycles. The molecular weight excluding hydrogens is 359 g/mol. The van der Waals surface area contributed by atoms with Gasteiger partial charge < -0.3 is 14.6 Å². The number of nitrogens with one attached hydrogen (secondary N) is 1. The van der Waals surface area contributed by atoms with E-state index >= 15 is 0 Å². The molecule has 0 atom stereocenters. The molecule has 7 nitrogen and oxygen atoms in total. The predicted octanol–water partition coefficient (Wildman–Crippen LogP) is 3.19. The number of halogens is 1. The van der Waals surface area contributed by atoms with Crippen molar-refractivity contribution in [2.45, 2.75) is 5.16 Å². The second kappa shape index (κ2) is 7.58. The van der Waals surface area contributed by atoms with Crippen LogP contribution in [0.1, 0.15) is 0 Å². The van der Waals surface area contributed by atoms with Crippen LogP contribution >= 0.6 is 12.0 Å². The molecule has 1 saturated heterocycles. The van der Waals surface area contributed by atoms with E-state index in [2.05, 4.69) is 24.7 Å². The van der Waals surface area contributed by atoms with E-state index in [-0.39, 0.29) is 5.82 Å². The minimum Gasteiger partial charge on any atom is -0.378 e. The molecule has 26 heavy (non-hydrogen) atoms. The van der Waals surface area contributed by atoms with Crippen LogP contribution in [0.4, 0.5) is 10.2 Å². The van der Waals surface area contributed by atoms with Gasteiger partial charge in [-0.05, 0) is 18.2 Å². The second-order valence-electron chi connectivity index (χ2n) is 5.70. The fraction of sp³-hybridized carbons (Fsp3) is 0.294. The molecule has 1 aromatic carbocycles. The molecule has 4 rings (SSSR count). The zero-order valence-corrected chi connectivity index (χ0v) is 14.9. The number of fused-ring (bicyclic) bond motifs is 1. The molecule has 136 valence electrons. The Morgan fingerprint density at radius 2 is 2.08 bits per heavy atom. The van der Waals surface area contributed by atoms with Crippen molar-refractivity contribution in [1.82, 2.24) is 15.0 Å². The van der Waals surface area contributed by atoms with Gasteiger partial charge in [0.15, 0.2) is 0 Å². The molecule has 2 aromatic heterocycles. The molecule has 1 aliphatic rings. The van der Waals surface area contributed by atoms with E-state index in [0.717, 1.165) is 36.3 Å². The highest BCUT2D eigenvalue weighted by Gasteiger charge is 2.18. The summed E-state index contributed by atoms with van der Waals surface area (Å²) in [5, 5.41) is 1.28. The Hall–Kier alpha value is -2.20. The summed E-state index contributed by atoms with van der Waals surface area (Å²) < 4.78 is 24.4. The van der Waals surface area contributed by atoms with Crippen LogP contribution < -0.4 is 4.90 Å². The van der Waals surface area contributed by atoms with Gasteiger partial charge in [-0.2, -0.15) is 4.33 Å². The Bertz CT molecular complexity index is 914. The number of anilines is 1. The van der Waals surface area contributed by atoms with Crippen LogP contribution in [0.2, 0.25) is 0 Å². The normalized spacial score (nSPS) is 14.9. The van der Waals surface area contributed by atoms with Gasteiger partial charge in [0.2, 0.25) is 5.16 Å². The first-order chi connectivity index (χ1) is 12.7. The lowest BCUT2D eigenvalue weighted by molar-refractivity contribution is -0.160. The highest BCUT2D eigenvalue weighted by atomic mass is 32.2. The van der Waals surface area contributed by atoms with Crippen LogP contribution in [-0.4, -0.2) is 48.4 Å². The molecule has 3 aromatic rings. The van der Waals surface area contributed by atoms with E-state index < -0.39 is 0 Å². The minimum absolute atomic E-state index is 0.330. The van der Waals surface area contributed by atoms with Crippen molar-refractivity contribution < 1.29 is 18.3 Å². The Balaban J connectivity index is 1.81. The third-order valence-corrected chi connectivity index (χ3v) is 4.65. The lowest BCUT2D eigenvalue weighted by Crippen LogP contribution is -2.36. The SMILES string of the molecule is COOSc1nc(-c2cc(F)cc3[nH]ccc23)cc(N2CCOCC2)n1. The Morgan fingerprint density at radius 1 is 1.23 bits per heavy atom. The summed E-state index contributed by atoms with van der Waals surface area (Å²) in [7, 11) is 1.41. The van der Waals surface area contributed by atoms with Crippen molar-refractivity contribution in [2.24, 2.45) is 0 Å². The number of H-pyrrole nitrogens is 1. The molecule has 0 amide bonds. The van der Waals surface area contributed by atoms with Crippen molar-refractivity contribution in [3.05, 3.63) is 36.3 Å². The van der Waals surface area contributed by atoms with Crippen molar-refractivity contribution in [2.75, 3.05) is 38.3 Å². The van der Waals surface area contributed by atoms with Gasteiger partial charge in [0.1, 0.15) is 23.7 Å². The van der Waals surface area contributed by atoms with E-state index in [0.29, 0.717) is 35.1 Å². The fourth-order valence-corrected chi connectivity index (χ4v) is 3.35. The number of ether oxygens (including phenoxy) is 1. The first-order valence-electron chi connectivity index (χ1n) is 8.11. The highest BCUT2D eigenvalue weighted by Crippen LogP contribution is 2.32. The molecule has 0 bridgehead atoms. The Labute approximate surface area is 153 Å². The smallest absolute Gasteiger partial charge is 0.220 e. The van der Waals surface area contributed by atoms with Crippen LogP contribution in [0.5, 0.6) is 0 Å². The molecule has 0 saturated carbocycles.